The summed E-state index contributed by atoms with van der Waals surface area (Å²) < 4.78 is 15.6. The molecule has 0 atom stereocenters. The first-order valence-corrected chi connectivity index (χ1v) is 7.66. The Hall–Kier alpha value is -2.46. The lowest BCUT2D eigenvalue weighted by Gasteiger charge is -2.19. The molecule has 1 aromatic heterocycles. The monoisotopic (exact) mass is 345 g/mol. The van der Waals surface area contributed by atoms with Crippen molar-refractivity contribution in [2.75, 3.05) is 0 Å². The van der Waals surface area contributed by atoms with Crippen molar-refractivity contribution in [1.29, 1.82) is 0 Å². The van der Waals surface area contributed by atoms with E-state index in [4.69, 9.17) is 11.6 Å². The van der Waals surface area contributed by atoms with Gasteiger partial charge in [0.25, 0.3) is 5.56 Å². The van der Waals surface area contributed by atoms with Crippen molar-refractivity contribution in [3.05, 3.63) is 68.9 Å². The third-order valence-corrected chi connectivity index (χ3v) is 4.39. The van der Waals surface area contributed by atoms with Crippen LogP contribution in [0.2, 0.25) is 5.02 Å². The molecule has 5 heteroatoms. The van der Waals surface area contributed by atoms with Gasteiger partial charge in [0.1, 0.15) is 12.1 Å². The summed E-state index contributed by atoms with van der Waals surface area (Å²) in [4.78, 5) is 23.6. The first-order valence-electron chi connectivity index (χ1n) is 7.28. The van der Waals surface area contributed by atoms with Crippen LogP contribution in [0.4, 0.5) is 4.39 Å². The topological polar surface area (TPSA) is 39.1 Å². The van der Waals surface area contributed by atoms with E-state index in [1.165, 1.54) is 16.7 Å². The van der Waals surface area contributed by atoms with Crippen molar-refractivity contribution in [1.82, 2.24) is 4.57 Å². The summed E-state index contributed by atoms with van der Waals surface area (Å²) in [5, 5.41) is -0.0566. The molecule has 0 radical (unpaired) electrons. The number of hydrogen-bond acceptors (Lipinski definition) is 2. The van der Waals surface area contributed by atoms with Crippen LogP contribution in [0.5, 0.6) is 0 Å². The minimum Gasteiger partial charge on any atom is -0.314 e. The van der Waals surface area contributed by atoms with Crippen LogP contribution in [0.3, 0.4) is 0 Å². The van der Waals surface area contributed by atoms with Crippen molar-refractivity contribution in [3.8, 4) is 11.1 Å². The maximum atomic E-state index is 14.3. The van der Waals surface area contributed by atoms with E-state index in [1.807, 2.05) is 0 Å². The number of carbonyl (C=O) groups is 1. The summed E-state index contributed by atoms with van der Waals surface area (Å²) in [5.41, 5.74) is 2.28. The molecule has 0 aliphatic rings. The molecule has 1 aromatic carbocycles. The van der Waals surface area contributed by atoms with E-state index in [0.717, 1.165) is 0 Å². The number of halogens is 2. The molecule has 0 amide bonds. The molecule has 2 aromatic rings. The Morgan fingerprint density at radius 1 is 1.25 bits per heavy atom. The largest absolute Gasteiger partial charge is 0.314 e. The highest BCUT2D eigenvalue weighted by Gasteiger charge is 2.21. The van der Waals surface area contributed by atoms with Crippen molar-refractivity contribution in [2.24, 2.45) is 7.05 Å². The highest BCUT2D eigenvalue weighted by Crippen LogP contribution is 2.37. The van der Waals surface area contributed by atoms with Crippen molar-refractivity contribution < 1.29 is 9.18 Å². The van der Waals surface area contributed by atoms with Gasteiger partial charge in [-0.25, -0.2) is 4.39 Å². The fourth-order valence-electron chi connectivity index (χ4n) is 2.74. The fraction of sp³-hybridized carbons (Fsp3) is 0.158. The van der Waals surface area contributed by atoms with Gasteiger partial charge >= 0.3 is 0 Å². The lowest BCUT2D eigenvalue weighted by atomic mass is 9.92. The molecule has 0 aliphatic carbocycles. The predicted molar refractivity (Wildman–Crippen MR) is 96.8 cm³/mol. The maximum Gasteiger partial charge on any atom is 0.258 e. The van der Waals surface area contributed by atoms with Crippen LogP contribution in [0.25, 0.3) is 23.3 Å². The molecule has 124 valence electrons. The van der Waals surface area contributed by atoms with Crippen LogP contribution in [0, 0.1) is 12.7 Å². The second-order valence-electron chi connectivity index (χ2n) is 5.35. The smallest absolute Gasteiger partial charge is 0.258 e. The van der Waals surface area contributed by atoms with Crippen LogP contribution < -0.4 is 5.56 Å². The zero-order valence-electron chi connectivity index (χ0n) is 13.5. The number of aryl methyl sites for hydroxylation is 1. The van der Waals surface area contributed by atoms with Crippen LogP contribution >= 0.6 is 11.6 Å². The second kappa shape index (κ2) is 6.97. The molecule has 0 bridgehead atoms. The van der Waals surface area contributed by atoms with Gasteiger partial charge in [0.15, 0.2) is 0 Å². The lowest BCUT2D eigenvalue weighted by molar-refractivity contribution is -0.107. The SMILES string of the molecule is C=Cc1c(-c2ccc(C)c(F)c2Cl)c(CC=O)n(C)c(=O)c1C=C. The third-order valence-electron chi connectivity index (χ3n) is 4.02. The highest BCUT2D eigenvalue weighted by molar-refractivity contribution is 6.33. The Labute approximate surface area is 144 Å². The molecule has 1 heterocycles. The maximum absolute atomic E-state index is 14.3. The number of rotatable bonds is 5. The molecule has 24 heavy (non-hydrogen) atoms. The first kappa shape index (κ1) is 17.9. The van der Waals surface area contributed by atoms with Gasteiger partial charge < -0.3 is 9.36 Å². The van der Waals surface area contributed by atoms with Gasteiger partial charge in [-0.2, -0.15) is 0 Å². The summed E-state index contributed by atoms with van der Waals surface area (Å²) in [6.07, 6.45) is 3.60. The minimum atomic E-state index is -0.532. The van der Waals surface area contributed by atoms with E-state index in [9.17, 15) is 14.0 Å². The van der Waals surface area contributed by atoms with Crippen molar-refractivity contribution in [3.63, 3.8) is 0 Å². The average Bonchev–Trinajstić information content (AvgIpc) is 2.57. The number of nitrogens with zero attached hydrogens (tertiary/aromatic N) is 1. The fourth-order valence-corrected chi connectivity index (χ4v) is 3.05. The van der Waals surface area contributed by atoms with Gasteiger partial charge in [0.2, 0.25) is 0 Å². The Balaban J connectivity index is 3.06. The molecule has 0 unspecified atom stereocenters. The molecule has 0 fully saturated rings. The Morgan fingerprint density at radius 3 is 2.42 bits per heavy atom. The molecule has 0 saturated heterocycles. The van der Waals surface area contributed by atoms with Gasteiger partial charge in [0, 0.05) is 35.9 Å². The zero-order chi connectivity index (χ0) is 18.0. The van der Waals surface area contributed by atoms with Crippen LogP contribution in [-0.4, -0.2) is 10.9 Å². The molecule has 2 rings (SSSR count). The normalized spacial score (nSPS) is 10.5. The molecule has 3 nitrogen and oxygen atoms in total. The first-order chi connectivity index (χ1) is 11.4. The summed E-state index contributed by atoms with van der Waals surface area (Å²) in [5.74, 6) is -0.532. The van der Waals surface area contributed by atoms with Crippen LogP contribution in [0.15, 0.2) is 30.1 Å². The molecule has 0 N–H and O–H groups in total. The molecular weight excluding hydrogens is 329 g/mol. The Bertz CT molecular complexity index is 913. The standard InChI is InChI=1S/C19H17ClFNO2/c1-5-12-13(6-2)19(24)22(4)15(9-10-23)16(12)14-8-7-11(3)18(21)17(14)20/h5-8,10H,1-2,9H2,3-4H3. The van der Waals surface area contributed by atoms with E-state index in [0.29, 0.717) is 39.8 Å². The number of aldehydes is 1. The average molecular weight is 346 g/mol. The predicted octanol–water partition coefficient (Wildman–Crippen LogP) is 4.18. The van der Waals surface area contributed by atoms with Gasteiger partial charge in [-0.15, -0.1) is 0 Å². The number of benzene rings is 1. The van der Waals surface area contributed by atoms with E-state index in [1.54, 1.807) is 26.1 Å². The van der Waals surface area contributed by atoms with Crippen LogP contribution in [-0.2, 0) is 18.3 Å². The second-order valence-corrected chi connectivity index (χ2v) is 5.73. The summed E-state index contributed by atoms with van der Waals surface area (Å²) in [6, 6.07) is 3.28. The number of hydrogen-bond donors (Lipinski definition) is 0. The van der Waals surface area contributed by atoms with Gasteiger partial charge in [-0.3, -0.25) is 4.79 Å². The molecule has 0 aliphatic heterocycles. The summed E-state index contributed by atoms with van der Waals surface area (Å²) in [7, 11) is 1.56. The lowest BCUT2D eigenvalue weighted by Crippen LogP contribution is -2.25. The molecule has 0 spiro atoms. The van der Waals surface area contributed by atoms with E-state index in [2.05, 4.69) is 13.2 Å². The highest BCUT2D eigenvalue weighted by atomic mass is 35.5. The quantitative estimate of drug-likeness (QED) is 0.762. The number of carbonyl (C=O) groups excluding carboxylic acids is 1. The van der Waals surface area contributed by atoms with E-state index >= 15 is 0 Å². The minimum absolute atomic E-state index is 0.00877. The van der Waals surface area contributed by atoms with Gasteiger partial charge in [-0.05, 0) is 18.1 Å². The van der Waals surface area contributed by atoms with E-state index < -0.39 is 5.82 Å². The zero-order valence-corrected chi connectivity index (χ0v) is 14.3. The van der Waals surface area contributed by atoms with Gasteiger partial charge in [0.05, 0.1) is 5.02 Å². The molecule has 0 saturated carbocycles. The number of aromatic nitrogens is 1. The Kier molecular flexibility index (Phi) is 5.20. The van der Waals surface area contributed by atoms with E-state index in [-0.39, 0.29) is 17.0 Å². The molecular formula is C19H17ClFNO2. The summed E-state index contributed by atoms with van der Waals surface area (Å²) >= 11 is 6.21. The third kappa shape index (κ3) is 2.74. The van der Waals surface area contributed by atoms with Crippen molar-refractivity contribution >= 4 is 30.0 Å². The van der Waals surface area contributed by atoms with Crippen LogP contribution in [0.1, 0.15) is 22.4 Å². The summed E-state index contributed by atoms with van der Waals surface area (Å²) in [6.45, 7) is 9.03. The van der Waals surface area contributed by atoms with Gasteiger partial charge in [-0.1, -0.05) is 49.0 Å². The van der Waals surface area contributed by atoms with Crippen molar-refractivity contribution in [2.45, 2.75) is 13.3 Å². The number of pyridine rings is 1. The Morgan fingerprint density at radius 2 is 1.88 bits per heavy atom.